The Morgan fingerprint density at radius 1 is 1.08 bits per heavy atom. The third-order valence-corrected chi connectivity index (χ3v) is 4.02. The van der Waals surface area contributed by atoms with Crippen LogP contribution in [0, 0.1) is 0 Å². The molecule has 2 aromatic carbocycles. The predicted octanol–water partition coefficient (Wildman–Crippen LogP) is 3.59. The van der Waals surface area contributed by atoms with Gasteiger partial charge in [0.15, 0.2) is 5.96 Å². The van der Waals surface area contributed by atoms with Crippen molar-refractivity contribution in [3.8, 4) is 0 Å². The first-order valence-corrected chi connectivity index (χ1v) is 8.02. The van der Waals surface area contributed by atoms with E-state index in [0.29, 0.717) is 6.54 Å². The molecule has 2 N–H and O–H groups in total. The van der Waals surface area contributed by atoms with Gasteiger partial charge in [0, 0.05) is 27.2 Å². The molecule has 0 fully saturated rings. The number of hydrogen-bond donors (Lipinski definition) is 2. The standard InChI is InChI=1S/C19H27N3O.HI/c1-19(2,23-4)14-22-18(20-3)21-13-12-16-10-7-9-15-8-5-6-11-17(15)16;/h5-11H,12-14H2,1-4H3,(H2,20,21,22);1H. The lowest BCUT2D eigenvalue weighted by Gasteiger charge is -2.24. The van der Waals surface area contributed by atoms with Gasteiger partial charge in [0.05, 0.1) is 5.60 Å². The molecule has 0 spiro atoms. The molecule has 2 aromatic rings. The highest BCUT2D eigenvalue weighted by molar-refractivity contribution is 14.0. The van der Waals surface area contributed by atoms with Crippen molar-refractivity contribution in [2.75, 3.05) is 27.2 Å². The fraction of sp³-hybridized carbons (Fsp3) is 0.421. The molecule has 2 rings (SSSR count). The molecule has 132 valence electrons. The zero-order valence-electron chi connectivity index (χ0n) is 14.9. The lowest BCUT2D eigenvalue weighted by Crippen LogP contribution is -2.45. The highest BCUT2D eigenvalue weighted by Gasteiger charge is 2.16. The van der Waals surface area contributed by atoms with E-state index in [2.05, 4.69) is 58.1 Å². The second-order valence-corrected chi connectivity index (χ2v) is 6.20. The Balaban J connectivity index is 0.00000288. The summed E-state index contributed by atoms with van der Waals surface area (Å²) < 4.78 is 5.41. The van der Waals surface area contributed by atoms with Crippen LogP contribution in [0.5, 0.6) is 0 Å². The van der Waals surface area contributed by atoms with Crippen molar-refractivity contribution in [1.82, 2.24) is 10.6 Å². The normalized spacial score (nSPS) is 11.9. The molecule has 0 aliphatic heterocycles. The van der Waals surface area contributed by atoms with Gasteiger partial charge in [0.2, 0.25) is 0 Å². The molecule has 0 aliphatic carbocycles. The van der Waals surface area contributed by atoms with Gasteiger partial charge in [-0.25, -0.2) is 0 Å². The van der Waals surface area contributed by atoms with Crippen LogP contribution in [-0.2, 0) is 11.2 Å². The Bertz CT molecular complexity index is 665. The van der Waals surface area contributed by atoms with Crippen LogP contribution in [-0.4, -0.2) is 38.8 Å². The van der Waals surface area contributed by atoms with Crippen LogP contribution in [0.1, 0.15) is 19.4 Å². The summed E-state index contributed by atoms with van der Waals surface area (Å²) in [6.07, 6.45) is 0.954. The molecular formula is C19H28IN3O. The Kier molecular flexibility index (Phi) is 8.48. The predicted molar refractivity (Wildman–Crippen MR) is 114 cm³/mol. The molecule has 0 radical (unpaired) electrons. The molecule has 0 amide bonds. The number of benzene rings is 2. The summed E-state index contributed by atoms with van der Waals surface area (Å²) in [5, 5.41) is 9.27. The summed E-state index contributed by atoms with van der Waals surface area (Å²) in [6.45, 7) is 5.63. The van der Waals surface area contributed by atoms with Crippen LogP contribution in [0.25, 0.3) is 10.8 Å². The first kappa shape index (κ1) is 20.7. The summed E-state index contributed by atoms with van der Waals surface area (Å²) in [6, 6.07) is 15.0. The highest BCUT2D eigenvalue weighted by atomic mass is 127. The number of nitrogens with zero attached hydrogens (tertiary/aromatic N) is 1. The van der Waals surface area contributed by atoms with E-state index in [1.807, 2.05) is 13.8 Å². The van der Waals surface area contributed by atoms with Crippen molar-refractivity contribution in [1.29, 1.82) is 0 Å². The Morgan fingerprint density at radius 2 is 1.79 bits per heavy atom. The van der Waals surface area contributed by atoms with E-state index in [4.69, 9.17) is 4.74 Å². The molecule has 0 heterocycles. The van der Waals surface area contributed by atoms with Gasteiger partial charge in [-0.05, 0) is 36.6 Å². The Labute approximate surface area is 162 Å². The van der Waals surface area contributed by atoms with Gasteiger partial charge < -0.3 is 15.4 Å². The minimum atomic E-state index is -0.215. The number of hydrogen-bond acceptors (Lipinski definition) is 2. The van der Waals surface area contributed by atoms with E-state index in [-0.39, 0.29) is 29.6 Å². The van der Waals surface area contributed by atoms with Crippen molar-refractivity contribution < 1.29 is 4.74 Å². The molecule has 0 saturated heterocycles. The Hall–Kier alpha value is -1.34. The SMILES string of the molecule is CN=C(NCCc1cccc2ccccc12)NCC(C)(C)OC.I. The fourth-order valence-corrected chi connectivity index (χ4v) is 2.42. The van der Waals surface area contributed by atoms with Crippen LogP contribution in [0.2, 0.25) is 0 Å². The molecule has 0 atom stereocenters. The van der Waals surface area contributed by atoms with E-state index in [0.717, 1.165) is 18.9 Å². The number of nitrogens with one attached hydrogen (secondary N) is 2. The molecule has 5 heteroatoms. The van der Waals surface area contributed by atoms with Crippen molar-refractivity contribution in [2.24, 2.45) is 4.99 Å². The van der Waals surface area contributed by atoms with Crippen LogP contribution in [0.15, 0.2) is 47.5 Å². The lowest BCUT2D eigenvalue weighted by atomic mass is 10.0. The number of fused-ring (bicyclic) bond motifs is 1. The number of ether oxygens (including phenoxy) is 1. The first-order valence-electron chi connectivity index (χ1n) is 8.02. The van der Waals surface area contributed by atoms with E-state index in [1.54, 1.807) is 14.2 Å². The van der Waals surface area contributed by atoms with Gasteiger partial charge in [-0.1, -0.05) is 42.5 Å². The van der Waals surface area contributed by atoms with Crippen LogP contribution >= 0.6 is 24.0 Å². The maximum absolute atomic E-state index is 5.41. The summed E-state index contributed by atoms with van der Waals surface area (Å²) in [5.41, 5.74) is 1.14. The average molecular weight is 441 g/mol. The van der Waals surface area contributed by atoms with E-state index in [1.165, 1.54) is 16.3 Å². The topological polar surface area (TPSA) is 45.7 Å². The van der Waals surface area contributed by atoms with Gasteiger partial charge in [-0.15, -0.1) is 24.0 Å². The molecule has 24 heavy (non-hydrogen) atoms. The minimum Gasteiger partial charge on any atom is -0.377 e. The van der Waals surface area contributed by atoms with Crippen LogP contribution in [0.3, 0.4) is 0 Å². The van der Waals surface area contributed by atoms with Gasteiger partial charge in [-0.3, -0.25) is 4.99 Å². The minimum absolute atomic E-state index is 0. The van der Waals surface area contributed by atoms with Gasteiger partial charge in [0.25, 0.3) is 0 Å². The van der Waals surface area contributed by atoms with Crippen molar-refractivity contribution in [2.45, 2.75) is 25.9 Å². The molecular weight excluding hydrogens is 413 g/mol. The summed E-state index contributed by atoms with van der Waals surface area (Å²) in [7, 11) is 3.51. The molecule has 0 bridgehead atoms. The second-order valence-electron chi connectivity index (χ2n) is 6.20. The first-order chi connectivity index (χ1) is 11.1. The highest BCUT2D eigenvalue weighted by Crippen LogP contribution is 2.18. The van der Waals surface area contributed by atoms with Gasteiger partial charge >= 0.3 is 0 Å². The lowest BCUT2D eigenvalue weighted by molar-refractivity contribution is 0.0268. The second kappa shape index (κ2) is 9.84. The van der Waals surface area contributed by atoms with Crippen LogP contribution < -0.4 is 10.6 Å². The van der Waals surface area contributed by atoms with Gasteiger partial charge in [-0.2, -0.15) is 0 Å². The molecule has 0 saturated carbocycles. The monoisotopic (exact) mass is 441 g/mol. The summed E-state index contributed by atoms with van der Waals surface area (Å²) >= 11 is 0. The largest absolute Gasteiger partial charge is 0.377 e. The number of methoxy groups -OCH3 is 1. The fourth-order valence-electron chi connectivity index (χ4n) is 2.42. The third-order valence-electron chi connectivity index (χ3n) is 4.02. The summed E-state index contributed by atoms with van der Waals surface area (Å²) in [4.78, 5) is 4.26. The van der Waals surface area contributed by atoms with E-state index >= 15 is 0 Å². The average Bonchev–Trinajstić information content (AvgIpc) is 2.58. The molecule has 0 aliphatic rings. The zero-order chi connectivity index (χ0) is 16.7. The maximum atomic E-state index is 5.41. The maximum Gasteiger partial charge on any atom is 0.191 e. The summed E-state index contributed by atoms with van der Waals surface area (Å²) in [5.74, 6) is 0.801. The third kappa shape index (κ3) is 5.94. The molecule has 0 aromatic heterocycles. The zero-order valence-corrected chi connectivity index (χ0v) is 17.3. The van der Waals surface area contributed by atoms with Crippen molar-refractivity contribution >= 4 is 40.7 Å². The number of aliphatic imine (C=N–C) groups is 1. The Morgan fingerprint density at radius 3 is 2.50 bits per heavy atom. The quantitative estimate of drug-likeness (QED) is 0.409. The van der Waals surface area contributed by atoms with E-state index < -0.39 is 0 Å². The van der Waals surface area contributed by atoms with Crippen molar-refractivity contribution in [3.63, 3.8) is 0 Å². The molecule has 0 unspecified atom stereocenters. The van der Waals surface area contributed by atoms with Gasteiger partial charge in [0.1, 0.15) is 0 Å². The number of guanidine groups is 1. The molecule has 4 nitrogen and oxygen atoms in total. The van der Waals surface area contributed by atoms with Crippen molar-refractivity contribution in [3.05, 3.63) is 48.0 Å². The number of halogens is 1. The van der Waals surface area contributed by atoms with E-state index in [9.17, 15) is 0 Å². The van der Waals surface area contributed by atoms with Crippen LogP contribution in [0.4, 0.5) is 0 Å². The number of rotatable bonds is 6. The smallest absolute Gasteiger partial charge is 0.191 e.